The van der Waals surface area contributed by atoms with Gasteiger partial charge in [-0.25, -0.2) is 0 Å². The van der Waals surface area contributed by atoms with Crippen molar-refractivity contribution in [2.75, 3.05) is 15.8 Å². The quantitative estimate of drug-likeness (QED) is 0.651. The molecule has 0 bridgehead atoms. The van der Waals surface area contributed by atoms with E-state index in [1.807, 2.05) is 0 Å². The van der Waals surface area contributed by atoms with Gasteiger partial charge >= 0.3 is 0 Å². The Morgan fingerprint density at radius 1 is 1.00 bits per heavy atom. The van der Waals surface area contributed by atoms with Gasteiger partial charge < -0.3 is 16.0 Å². The number of para-hydroxylation sites is 2. The number of benzene rings is 2. The summed E-state index contributed by atoms with van der Waals surface area (Å²) in [6.45, 7) is 0. The average molecular weight is 262 g/mol. The molecule has 4 N–H and O–H groups in total. The minimum Gasteiger partial charge on any atom is -0.755 e. The van der Waals surface area contributed by atoms with Gasteiger partial charge in [0, 0.05) is 0 Å². The second-order valence-corrected chi connectivity index (χ2v) is 4.43. The van der Waals surface area contributed by atoms with Crippen LogP contribution in [-0.2, 0) is 11.3 Å². The Labute approximate surface area is 107 Å². The van der Waals surface area contributed by atoms with Gasteiger partial charge in [-0.15, -0.1) is 0 Å². The first-order valence-electron chi connectivity index (χ1n) is 5.20. The molecule has 18 heavy (non-hydrogen) atoms. The number of hydrogen-bond acceptors (Lipinski definition) is 4. The lowest BCUT2D eigenvalue weighted by Crippen LogP contribution is -2.20. The van der Waals surface area contributed by atoms with Crippen molar-refractivity contribution in [3.8, 4) is 0 Å². The fourth-order valence-corrected chi connectivity index (χ4v) is 2.23. The Hall–Kier alpha value is -2.05. The number of rotatable bonds is 3. The molecule has 0 spiro atoms. The maximum absolute atomic E-state index is 11.4. The maximum atomic E-state index is 11.4. The lowest BCUT2D eigenvalue weighted by molar-refractivity contribution is 0.537. The molecule has 0 heterocycles. The molecule has 0 radical (unpaired) electrons. The summed E-state index contributed by atoms with van der Waals surface area (Å²) in [5.74, 6) is 0. The van der Waals surface area contributed by atoms with Gasteiger partial charge in [0.15, 0.2) is 0 Å². The van der Waals surface area contributed by atoms with E-state index in [-0.39, 0.29) is 5.69 Å². The molecule has 2 aromatic carbocycles. The third-order valence-electron chi connectivity index (χ3n) is 2.48. The number of anilines is 4. The highest BCUT2D eigenvalue weighted by atomic mass is 32.2. The second kappa shape index (κ2) is 5.07. The van der Waals surface area contributed by atoms with Crippen LogP contribution in [0.4, 0.5) is 22.7 Å². The highest BCUT2D eigenvalue weighted by molar-refractivity contribution is 7.81. The van der Waals surface area contributed by atoms with Crippen molar-refractivity contribution in [3.63, 3.8) is 0 Å². The lowest BCUT2D eigenvalue weighted by Gasteiger charge is -2.27. The molecule has 0 saturated carbocycles. The third kappa shape index (κ3) is 2.29. The molecule has 0 aliphatic heterocycles. The van der Waals surface area contributed by atoms with Crippen molar-refractivity contribution in [2.45, 2.75) is 0 Å². The maximum Gasteiger partial charge on any atom is 0.0798 e. The Morgan fingerprint density at radius 3 is 2.28 bits per heavy atom. The van der Waals surface area contributed by atoms with E-state index in [9.17, 15) is 8.76 Å². The SMILES string of the molecule is Nc1cccc(N(c2ccccc2)S(=O)[O-])c1N. The summed E-state index contributed by atoms with van der Waals surface area (Å²) in [7, 11) is 0. The van der Waals surface area contributed by atoms with Gasteiger partial charge in [-0.3, -0.25) is 8.51 Å². The van der Waals surface area contributed by atoms with Crippen LogP contribution in [-0.4, -0.2) is 8.76 Å². The molecular formula is C12H12N3O2S-. The van der Waals surface area contributed by atoms with Crippen molar-refractivity contribution in [1.29, 1.82) is 0 Å². The van der Waals surface area contributed by atoms with Gasteiger partial charge in [0.05, 0.1) is 34.0 Å². The predicted molar refractivity (Wildman–Crippen MR) is 72.8 cm³/mol. The van der Waals surface area contributed by atoms with Crippen LogP contribution in [0.5, 0.6) is 0 Å². The molecule has 1 unspecified atom stereocenters. The number of nitrogens with zero attached hydrogens (tertiary/aromatic N) is 1. The van der Waals surface area contributed by atoms with Crippen LogP contribution < -0.4 is 15.8 Å². The van der Waals surface area contributed by atoms with E-state index < -0.39 is 11.3 Å². The van der Waals surface area contributed by atoms with Crippen LogP contribution in [0.2, 0.25) is 0 Å². The third-order valence-corrected chi connectivity index (χ3v) is 3.18. The highest BCUT2D eigenvalue weighted by Crippen LogP contribution is 2.34. The van der Waals surface area contributed by atoms with Gasteiger partial charge in [-0.1, -0.05) is 24.3 Å². The van der Waals surface area contributed by atoms with Crippen LogP contribution in [0.25, 0.3) is 0 Å². The van der Waals surface area contributed by atoms with Crippen molar-refractivity contribution >= 4 is 34.0 Å². The Morgan fingerprint density at radius 2 is 1.67 bits per heavy atom. The number of nitrogens with two attached hydrogens (primary N) is 2. The standard InChI is InChI=1S/C12H13N3O2S/c13-10-7-4-8-11(12(10)14)15(18(16)17)9-5-2-1-3-6-9/h1-8H,13-14H2,(H,16,17)/p-1. The molecule has 94 valence electrons. The van der Waals surface area contributed by atoms with Crippen LogP contribution in [0, 0.1) is 0 Å². The van der Waals surface area contributed by atoms with E-state index in [4.69, 9.17) is 11.5 Å². The molecule has 0 aliphatic carbocycles. The Kier molecular flexibility index (Phi) is 3.50. The zero-order chi connectivity index (χ0) is 13.1. The Bertz CT molecular complexity index is 575. The monoisotopic (exact) mass is 262 g/mol. The highest BCUT2D eigenvalue weighted by Gasteiger charge is 2.14. The van der Waals surface area contributed by atoms with Crippen LogP contribution in [0.1, 0.15) is 0 Å². The van der Waals surface area contributed by atoms with Crippen molar-refractivity contribution < 1.29 is 8.76 Å². The molecule has 0 aliphatic rings. The van der Waals surface area contributed by atoms with E-state index in [2.05, 4.69) is 0 Å². The first kappa shape index (κ1) is 12.4. The molecule has 5 nitrogen and oxygen atoms in total. The minimum atomic E-state index is -2.48. The van der Waals surface area contributed by atoms with Crippen molar-refractivity contribution in [1.82, 2.24) is 0 Å². The first-order valence-corrected chi connectivity index (χ1v) is 6.23. The van der Waals surface area contributed by atoms with Crippen molar-refractivity contribution in [2.24, 2.45) is 0 Å². The summed E-state index contributed by atoms with van der Waals surface area (Å²) in [6, 6.07) is 13.5. The lowest BCUT2D eigenvalue weighted by atomic mass is 10.2. The molecule has 0 saturated heterocycles. The number of hydrogen-bond donors (Lipinski definition) is 2. The summed E-state index contributed by atoms with van der Waals surface area (Å²) in [6.07, 6.45) is 0. The summed E-state index contributed by atoms with van der Waals surface area (Å²) < 4.78 is 23.9. The van der Waals surface area contributed by atoms with Crippen LogP contribution in [0.15, 0.2) is 48.5 Å². The molecule has 0 amide bonds. The molecule has 2 rings (SSSR count). The molecule has 6 heteroatoms. The van der Waals surface area contributed by atoms with Gasteiger partial charge in [0.2, 0.25) is 0 Å². The summed E-state index contributed by atoms with van der Waals surface area (Å²) in [5.41, 5.74) is 12.9. The second-order valence-electron chi connectivity index (χ2n) is 3.63. The van der Waals surface area contributed by atoms with Crippen LogP contribution >= 0.6 is 0 Å². The summed E-state index contributed by atoms with van der Waals surface area (Å²) in [4.78, 5) is 0. The Balaban J connectivity index is 2.56. The zero-order valence-corrected chi connectivity index (χ0v) is 10.3. The fourth-order valence-electron chi connectivity index (χ4n) is 1.62. The van der Waals surface area contributed by atoms with Gasteiger partial charge in [-0.05, 0) is 24.3 Å². The summed E-state index contributed by atoms with van der Waals surface area (Å²) in [5, 5.41) is 0. The van der Waals surface area contributed by atoms with E-state index in [1.54, 1.807) is 48.5 Å². The topological polar surface area (TPSA) is 95.4 Å². The van der Waals surface area contributed by atoms with Crippen LogP contribution in [0.3, 0.4) is 0 Å². The molecule has 1 atom stereocenters. The van der Waals surface area contributed by atoms with Gasteiger partial charge in [-0.2, -0.15) is 0 Å². The largest absolute Gasteiger partial charge is 0.755 e. The van der Waals surface area contributed by atoms with E-state index in [0.29, 0.717) is 17.1 Å². The minimum absolute atomic E-state index is 0.241. The molecule has 0 fully saturated rings. The fraction of sp³-hybridized carbons (Fsp3) is 0. The van der Waals surface area contributed by atoms with E-state index >= 15 is 0 Å². The van der Waals surface area contributed by atoms with E-state index in [0.717, 1.165) is 4.31 Å². The van der Waals surface area contributed by atoms with Gasteiger partial charge in [0.25, 0.3) is 0 Å². The normalized spacial score (nSPS) is 12.1. The molecule has 0 aromatic heterocycles. The first-order chi connectivity index (χ1) is 8.61. The van der Waals surface area contributed by atoms with Crippen molar-refractivity contribution in [3.05, 3.63) is 48.5 Å². The van der Waals surface area contributed by atoms with Gasteiger partial charge in [0.1, 0.15) is 0 Å². The average Bonchev–Trinajstić information content (AvgIpc) is 2.36. The van der Waals surface area contributed by atoms with E-state index in [1.165, 1.54) is 0 Å². The molecule has 2 aromatic rings. The zero-order valence-electron chi connectivity index (χ0n) is 9.45. The smallest absolute Gasteiger partial charge is 0.0798 e. The summed E-state index contributed by atoms with van der Waals surface area (Å²) >= 11 is -2.48. The molecular weight excluding hydrogens is 250 g/mol. The predicted octanol–water partition coefficient (Wildman–Crippen LogP) is 1.78. The number of nitrogen functional groups attached to an aromatic ring is 2.